The number of anilines is 1. The van der Waals surface area contributed by atoms with Crippen LogP contribution in [0.5, 0.6) is 5.75 Å². The highest BCUT2D eigenvalue weighted by Crippen LogP contribution is 2.22. The number of nitrogen functional groups attached to an aromatic ring is 1. The maximum atomic E-state index is 12.7. The number of halogens is 2. The molecule has 0 bridgehead atoms. The van der Waals surface area contributed by atoms with Crippen LogP contribution in [0.15, 0.2) is 18.2 Å². The van der Waals surface area contributed by atoms with Crippen LogP contribution in [0.2, 0.25) is 0 Å². The van der Waals surface area contributed by atoms with Gasteiger partial charge in [0.05, 0.1) is 11.8 Å². The monoisotopic (exact) mass is 205 g/mol. The van der Waals surface area contributed by atoms with Gasteiger partial charge in [-0.05, 0) is 26.0 Å². The Hall–Kier alpha value is -0.960. The van der Waals surface area contributed by atoms with E-state index >= 15 is 0 Å². The summed E-state index contributed by atoms with van der Waals surface area (Å²) >= 11 is 0. The fourth-order valence-electron chi connectivity index (χ4n) is 0.864. The van der Waals surface area contributed by atoms with Crippen molar-refractivity contribution in [3.8, 4) is 5.75 Å². The Kier molecular flexibility index (Phi) is 4.56. The van der Waals surface area contributed by atoms with Gasteiger partial charge >= 0.3 is 0 Å². The molecule has 0 aliphatic heterocycles. The van der Waals surface area contributed by atoms with E-state index in [9.17, 15) is 4.39 Å². The van der Waals surface area contributed by atoms with Gasteiger partial charge < -0.3 is 10.5 Å². The van der Waals surface area contributed by atoms with Gasteiger partial charge in [0.1, 0.15) is 11.6 Å². The van der Waals surface area contributed by atoms with Crippen LogP contribution in [-0.4, -0.2) is 6.10 Å². The van der Waals surface area contributed by atoms with Crippen molar-refractivity contribution in [3.05, 3.63) is 24.0 Å². The van der Waals surface area contributed by atoms with E-state index in [1.54, 1.807) is 0 Å². The van der Waals surface area contributed by atoms with Crippen molar-refractivity contribution in [3.63, 3.8) is 0 Å². The Balaban J connectivity index is 0.00000144. The van der Waals surface area contributed by atoms with E-state index in [4.69, 9.17) is 10.5 Å². The molecule has 0 atom stereocenters. The molecule has 2 nitrogen and oxygen atoms in total. The quantitative estimate of drug-likeness (QED) is 0.754. The zero-order chi connectivity index (χ0) is 9.14. The molecular weight excluding hydrogens is 193 g/mol. The summed E-state index contributed by atoms with van der Waals surface area (Å²) in [5.41, 5.74) is 6.01. The molecule has 74 valence electrons. The topological polar surface area (TPSA) is 35.2 Å². The number of benzene rings is 1. The SMILES string of the molecule is CC(C)Oc1cc(F)ccc1N.Cl. The van der Waals surface area contributed by atoms with Gasteiger partial charge in [-0.1, -0.05) is 0 Å². The van der Waals surface area contributed by atoms with Crippen molar-refractivity contribution in [2.75, 3.05) is 5.73 Å². The Morgan fingerprint density at radius 2 is 2.00 bits per heavy atom. The van der Waals surface area contributed by atoms with E-state index in [1.165, 1.54) is 18.2 Å². The minimum Gasteiger partial charge on any atom is -0.489 e. The van der Waals surface area contributed by atoms with E-state index in [0.29, 0.717) is 11.4 Å². The second-order valence-electron chi connectivity index (χ2n) is 2.85. The summed E-state index contributed by atoms with van der Waals surface area (Å²) in [7, 11) is 0. The lowest BCUT2D eigenvalue weighted by atomic mass is 10.3. The van der Waals surface area contributed by atoms with Crippen molar-refractivity contribution in [1.29, 1.82) is 0 Å². The van der Waals surface area contributed by atoms with Gasteiger partial charge in [0.2, 0.25) is 0 Å². The molecule has 2 N–H and O–H groups in total. The van der Waals surface area contributed by atoms with Crippen molar-refractivity contribution >= 4 is 18.1 Å². The molecule has 0 spiro atoms. The highest BCUT2D eigenvalue weighted by Gasteiger charge is 2.03. The first-order chi connectivity index (χ1) is 5.59. The van der Waals surface area contributed by atoms with Gasteiger partial charge in [0, 0.05) is 6.07 Å². The van der Waals surface area contributed by atoms with Crippen LogP contribution in [-0.2, 0) is 0 Å². The third-order valence-corrected chi connectivity index (χ3v) is 1.34. The summed E-state index contributed by atoms with van der Waals surface area (Å²) in [4.78, 5) is 0. The molecule has 0 aromatic heterocycles. The van der Waals surface area contributed by atoms with E-state index in [2.05, 4.69) is 0 Å². The molecular formula is C9H13ClFNO. The van der Waals surface area contributed by atoms with Gasteiger partial charge in [-0.2, -0.15) is 0 Å². The first kappa shape index (κ1) is 12.0. The van der Waals surface area contributed by atoms with Gasteiger partial charge in [-0.3, -0.25) is 0 Å². The minimum absolute atomic E-state index is 0. The number of nitrogens with two attached hydrogens (primary N) is 1. The molecule has 0 unspecified atom stereocenters. The molecule has 1 rings (SSSR count). The maximum Gasteiger partial charge on any atom is 0.145 e. The Morgan fingerprint density at radius 1 is 1.38 bits per heavy atom. The Bertz CT molecular complexity index is 278. The van der Waals surface area contributed by atoms with Crippen LogP contribution in [0.3, 0.4) is 0 Å². The van der Waals surface area contributed by atoms with Crippen LogP contribution in [0.4, 0.5) is 10.1 Å². The predicted molar refractivity (Wildman–Crippen MR) is 53.8 cm³/mol. The molecule has 0 fully saturated rings. The van der Waals surface area contributed by atoms with E-state index in [0.717, 1.165) is 0 Å². The lowest BCUT2D eigenvalue weighted by Crippen LogP contribution is -2.07. The number of hydrogen-bond acceptors (Lipinski definition) is 2. The largest absolute Gasteiger partial charge is 0.489 e. The average Bonchev–Trinajstić information content (AvgIpc) is 1.96. The smallest absolute Gasteiger partial charge is 0.145 e. The summed E-state index contributed by atoms with van der Waals surface area (Å²) in [6, 6.07) is 4.09. The second-order valence-corrected chi connectivity index (χ2v) is 2.85. The molecule has 0 aliphatic rings. The van der Waals surface area contributed by atoms with Gasteiger partial charge in [0.15, 0.2) is 0 Å². The summed E-state index contributed by atoms with van der Waals surface area (Å²) in [5.74, 6) is 0.0739. The highest BCUT2D eigenvalue weighted by molar-refractivity contribution is 5.85. The normalized spacial score (nSPS) is 9.54. The summed E-state index contributed by atoms with van der Waals surface area (Å²) in [6.45, 7) is 3.73. The molecule has 1 aromatic carbocycles. The Labute approximate surface area is 83.3 Å². The number of ether oxygens (including phenoxy) is 1. The lowest BCUT2D eigenvalue weighted by Gasteiger charge is -2.11. The standard InChI is InChI=1S/C9H12FNO.ClH/c1-6(2)12-9-5-7(10)3-4-8(9)11;/h3-6H,11H2,1-2H3;1H. The average molecular weight is 206 g/mol. The fourth-order valence-corrected chi connectivity index (χ4v) is 0.864. The Morgan fingerprint density at radius 3 is 2.54 bits per heavy atom. The highest BCUT2D eigenvalue weighted by atomic mass is 35.5. The first-order valence-electron chi connectivity index (χ1n) is 3.81. The maximum absolute atomic E-state index is 12.7. The van der Waals surface area contributed by atoms with Crippen LogP contribution in [0.25, 0.3) is 0 Å². The van der Waals surface area contributed by atoms with Crippen molar-refractivity contribution < 1.29 is 9.13 Å². The van der Waals surface area contributed by atoms with Crippen molar-refractivity contribution in [2.24, 2.45) is 0 Å². The van der Waals surface area contributed by atoms with Crippen molar-refractivity contribution in [1.82, 2.24) is 0 Å². The van der Waals surface area contributed by atoms with Crippen molar-refractivity contribution in [2.45, 2.75) is 20.0 Å². The van der Waals surface area contributed by atoms with Crippen LogP contribution in [0, 0.1) is 5.82 Å². The molecule has 1 aromatic rings. The third kappa shape index (κ3) is 3.51. The molecule has 0 saturated heterocycles. The zero-order valence-electron chi connectivity index (χ0n) is 7.58. The summed E-state index contributed by atoms with van der Waals surface area (Å²) in [5, 5.41) is 0. The molecule has 0 saturated carbocycles. The van der Waals surface area contributed by atoms with E-state index < -0.39 is 0 Å². The van der Waals surface area contributed by atoms with Crippen LogP contribution < -0.4 is 10.5 Å². The van der Waals surface area contributed by atoms with Gasteiger partial charge in [-0.25, -0.2) is 4.39 Å². The molecule has 0 amide bonds. The van der Waals surface area contributed by atoms with E-state index in [1.807, 2.05) is 13.8 Å². The molecule has 13 heavy (non-hydrogen) atoms. The van der Waals surface area contributed by atoms with Gasteiger partial charge in [-0.15, -0.1) is 12.4 Å². The molecule has 4 heteroatoms. The van der Waals surface area contributed by atoms with Crippen LogP contribution in [0.1, 0.15) is 13.8 Å². The number of rotatable bonds is 2. The minimum atomic E-state index is -0.333. The fraction of sp³-hybridized carbons (Fsp3) is 0.333. The van der Waals surface area contributed by atoms with Gasteiger partial charge in [0.25, 0.3) is 0 Å². The first-order valence-corrected chi connectivity index (χ1v) is 3.81. The summed E-state index contributed by atoms with van der Waals surface area (Å²) < 4.78 is 17.9. The predicted octanol–water partition coefficient (Wildman–Crippen LogP) is 2.62. The number of hydrogen-bond donors (Lipinski definition) is 1. The molecule has 0 heterocycles. The third-order valence-electron chi connectivity index (χ3n) is 1.34. The van der Waals surface area contributed by atoms with E-state index in [-0.39, 0.29) is 24.3 Å². The lowest BCUT2D eigenvalue weighted by molar-refractivity contribution is 0.243. The summed E-state index contributed by atoms with van der Waals surface area (Å²) in [6.07, 6.45) is 0.00843. The second kappa shape index (κ2) is 4.92. The van der Waals surface area contributed by atoms with Crippen LogP contribution >= 0.6 is 12.4 Å². The molecule has 0 aliphatic carbocycles. The molecule has 0 radical (unpaired) electrons. The zero-order valence-corrected chi connectivity index (χ0v) is 8.40.